The van der Waals surface area contributed by atoms with Crippen molar-refractivity contribution in [3.05, 3.63) is 50.8 Å². The molecule has 0 unspecified atom stereocenters. The molecule has 0 atom stereocenters. The van der Waals surface area contributed by atoms with Gasteiger partial charge in [-0.2, -0.15) is 5.10 Å². The highest BCUT2D eigenvalue weighted by Crippen LogP contribution is 2.32. The number of aromatic nitrogens is 3. The van der Waals surface area contributed by atoms with Crippen molar-refractivity contribution >= 4 is 50.0 Å². The Hall–Kier alpha value is -1.30. The van der Waals surface area contributed by atoms with Crippen molar-refractivity contribution in [1.82, 2.24) is 14.8 Å². The topological polar surface area (TPSA) is 39.9 Å². The van der Waals surface area contributed by atoms with E-state index in [4.69, 9.17) is 27.9 Å². The van der Waals surface area contributed by atoms with E-state index >= 15 is 0 Å². The minimum absolute atomic E-state index is 0.308. The molecule has 3 rings (SSSR count). The Morgan fingerprint density at radius 2 is 1.90 bits per heavy atom. The maximum Gasteiger partial charge on any atom is 0.147 e. The highest BCUT2D eigenvalue weighted by atomic mass is 79.9. The fourth-order valence-corrected chi connectivity index (χ4v) is 2.85. The number of halogens is 3. The lowest BCUT2D eigenvalue weighted by Gasteiger charge is -2.03. The molecule has 0 spiro atoms. The molecular weight excluding hydrogens is 377 g/mol. The fourth-order valence-electron chi connectivity index (χ4n) is 2.03. The van der Waals surface area contributed by atoms with Crippen molar-refractivity contribution in [1.29, 1.82) is 0 Å². The fraction of sp³-hybridized carbons (Fsp3) is 0.143. The molecule has 21 heavy (non-hydrogen) atoms. The Morgan fingerprint density at radius 3 is 2.57 bits per heavy atom. The Kier molecular flexibility index (Phi) is 4.06. The van der Waals surface area contributed by atoms with Crippen LogP contribution < -0.4 is 4.74 Å². The SMILES string of the molecule is COc1ccc(Cn2cc3c(Cl)nc(Cl)c(Br)c3n2)cc1. The van der Waals surface area contributed by atoms with Crippen molar-refractivity contribution in [2.45, 2.75) is 6.54 Å². The van der Waals surface area contributed by atoms with Gasteiger partial charge in [0.2, 0.25) is 0 Å². The summed E-state index contributed by atoms with van der Waals surface area (Å²) in [7, 11) is 1.64. The smallest absolute Gasteiger partial charge is 0.147 e. The third-order valence-electron chi connectivity index (χ3n) is 3.07. The van der Waals surface area contributed by atoms with Crippen LogP contribution in [0.25, 0.3) is 10.9 Å². The number of hydrogen-bond acceptors (Lipinski definition) is 3. The average Bonchev–Trinajstić information content (AvgIpc) is 2.90. The summed E-state index contributed by atoms with van der Waals surface area (Å²) in [6.45, 7) is 0.624. The normalized spacial score (nSPS) is 11.0. The number of fused-ring (bicyclic) bond motifs is 1. The van der Waals surface area contributed by atoms with Crippen LogP contribution in [0.1, 0.15) is 5.56 Å². The van der Waals surface area contributed by atoms with Gasteiger partial charge in [0, 0.05) is 6.20 Å². The molecular formula is C14H10BrCl2N3O. The van der Waals surface area contributed by atoms with Gasteiger partial charge in [0.1, 0.15) is 21.6 Å². The van der Waals surface area contributed by atoms with E-state index in [0.29, 0.717) is 26.8 Å². The van der Waals surface area contributed by atoms with Gasteiger partial charge in [-0.15, -0.1) is 0 Å². The number of methoxy groups -OCH3 is 1. The summed E-state index contributed by atoms with van der Waals surface area (Å²) in [4.78, 5) is 4.06. The van der Waals surface area contributed by atoms with E-state index in [1.54, 1.807) is 11.8 Å². The molecule has 0 aliphatic carbocycles. The highest BCUT2D eigenvalue weighted by molar-refractivity contribution is 9.10. The number of ether oxygens (including phenoxy) is 1. The number of nitrogens with zero attached hydrogens (tertiary/aromatic N) is 3. The van der Waals surface area contributed by atoms with Crippen LogP contribution in [0.2, 0.25) is 10.3 Å². The summed E-state index contributed by atoms with van der Waals surface area (Å²) >= 11 is 15.5. The summed E-state index contributed by atoms with van der Waals surface area (Å²) < 4.78 is 7.60. The molecule has 0 amide bonds. The van der Waals surface area contributed by atoms with Crippen LogP contribution in [0.4, 0.5) is 0 Å². The van der Waals surface area contributed by atoms with E-state index in [2.05, 4.69) is 26.0 Å². The van der Waals surface area contributed by atoms with Crippen molar-refractivity contribution < 1.29 is 4.74 Å². The standard InChI is InChI=1S/C14H10BrCl2N3O/c1-21-9-4-2-8(3-5-9)6-20-7-10-12(19-20)11(15)14(17)18-13(10)16/h2-5,7H,6H2,1H3. The van der Waals surface area contributed by atoms with Crippen molar-refractivity contribution in [2.24, 2.45) is 0 Å². The first-order valence-corrected chi connectivity index (χ1v) is 7.64. The second kappa shape index (κ2) is 5.83. The lowest BCUT2D eigenvalue weighted by atomic mass is 10.2. The minimum Gasteiger partial charge on any atom is -0.497 e. The molecule has 0 N–H and O–H groups in total. The summed E-state index contributed by atoms with van der Waals surface area (Å²) in [6, 6.07) is 7.82. The average molecular weight is 387 g/mol. The third kappa shape index (κ3) is 2.86. The molecule has 0 saturated carbocycles. The summed E-state index contributed by atoms with van der Waals surface area (Å²) in [5.41, 5.74) is 1.81. The Labute approximate surface area is 139 Å². The zero-order chi connectivity index (χ0) is 15.0. The van der Waals surface area contributed by atoms with Crippen LogP contribution in [0.15, 0.2) is 34.9 Å². The molecule has 7 heteroatoms. The number of hydrogen-bond donors (Lipinski definition) is 0. The van der Waals surface area contributed by atoms with E-state index in [1.807, 2.05) is 30.5 Å². The number of benzene rings is 1. The summed E-state index contributed by atoms with van der Waals surface area (Å²) in [5, 5.41) is 5.92. The van der Waals surface area contributed by atoms with Crippen LogP contribution >= 0.6 is 39.1 Å². The quantitative estimate of drug-likeness (QED) is 0.619. The van der Waals surface area contributed by atoms with Crippen LogP contribution in [-0.2, 0) is 6.54 Å². The van der Waals surface area contributed by atoms with Crippen molar-refractivity contribution in [3.63, 3.8) is 0 Å². The minimum atomic E-state index is 0.308. The van der Waals surface area contributed by atoms with Gasteiger partial charge in [0.25, 0.3) is 0 Å². The predicted molar refractivity (Wildman–Crippen MR) is 87.3 cm³/mol. The number of pyridine rings is 1. The first-order valence-electron chi connectivity index (χ1n) is 6.09. The zero-order valence-corrected chi connectivity index (χ0v) is 14.1. The van der Waals surface area contributed by atoms with Crippen LogP contribution in [-0.4, -0.2) is 21.9 Å². The van der Waals surface area contributed by atoms with E-state index in [1.165, 1.54) is 0 Å². The van der Waals surface area contributed by atoms with Crippen molar-refractivity contribution in [2.75, 3.05) is 7.11 Å². The highest BCUT2D eigenvalue weighted by Gasteiger charge is 2.13. The van der Waals surface area contributed by atoms with Gasteiger partial charge in [-0.25, -0.2) is 4.98 Å². The molecule has 0 aliphatic rings. The van der Waals surface area contributed by atoms with Crippen molar-refractivity contribution in [3.8, 4) is 5.75 Å². The van der Waals surface area contributed by atoms with E-state index < -0.39 is 0 Å². The van der Waals surface area contributed by atoms with Gasteiger partial charge >= 0.3 is 0 Å². The summed E-state index contributed by atoms with van der Waals surface area (Å²) in [6.07, 6.45) is 1.86. The predicted octanol–water partition coefficient (Wildman–Crippen LogP) is 4.56. The molecule has 0 bridgehead atoms. The molecule has 3 aromatic rings. The van der Waals surface area contributed by atoms with Crippen LogP contribution in [0.5, 0.6) is 5.75 Å². The second-order valence-corrected chi connectivity index (χ2v) is 5.95. The molecule has 0 saturated heterocycles. The third-order valence-corrected chi connectivity index (χ3v) is 4.61. The van der Waals surface area contributed by atoms with E-state index in [0.717, 1.165) is 16.7 Å². The van der Waals surface area contributed by atoms with Gasteiger partial charge in [-0.05, 0) is 33.6 Å². The van der Waals surface area contributed by atoms with Gasteiger partial charge in [0.15, 0.2) is 0 Å². The Bertz CT molecular complexity index is 802. The molecule has 2 aromatic heterocycles. The van der Waals surface area contributed by atoms with Gasteiger partial charge in [0.05, 0.1) is 23.5 Å². The first-order chi connectivity index (χ1) is 10.1. The second-order valence-electron chi connectivity index (χ2n) is 4.44. The molecule has 4 nitrogen and oxygen atoms in total. The van der Waals surface area contributed by atoms with Gasteiger partial charge in [-0.1, -0.05) is 35.3 Å². The first kappa shape index (κ1) is 14.6. The Morgan fingerprint density at radius 1 is 1.19 bits per heavy atom. The summed E-state index contributed by atoms with van der Waals surface area (Å²) in [5.74, 6) is 0.825. The van der Waals surface area contributed by atoms with Crippen LogP contribution in [0, 0.1) is 0 Å². The molecule has 108 valence electrons. The maximum atomic E-state index is 6.10. The zero-order valence-electron chi connectivity index (χ0n) is 11.0. The largest absolute Gasteiger partial charge is 0.497 e. The molecule has 0 fully saturated rings. The lowest BCUT2D eigenvalue weighted by Crippen LogP contribution is -1.99. The molecule has 1 aromatic carbocycles. The van der Waals surface area contributed by atoms with Gasteiger partial charge < -0.3 is 4.74 Å². The molecule has 0 radical (unpaired) electrons. The molecule has 2 heterocycles. The molecule has 0 aliphatic heterocycles. The van der Waals surface area contributed by atoms with E-state index in [-0.39, 0.29) is 0 Å². The maximum absolute atomic E-state index is 6.10. The lowest BCUT2D eigenvalue weighted by molar-refractivity contribution is 0.414. The van der Waals surface area contributed by atoms with Gasteiger partial charge in [-0.3, -0.25) is 4.68 Å². The van der Waals surface area contributed by atoms with E-state index in [9.17, 15) is 0 Å². The van der Waals surface area contributed by atoms with Crippen LogP contribution in [0.3, 0.4) is 0 Å². The monoisotopic (exact) mass is 385 g/mol. The number of rotatable bonds is 3. The Balaban J connectivity index is 1.97.